The zero-order valence-corrected chi connectivity index (χ0v) is 14.6. The number of hydrogen-bond acceptors (Lipinski definition) is 4. The first-order valence-corrected chi connectivity index (χ1v) is 10.1. The zero-order chi connectivity index (χ0) is 17.0. The first-order chi connectivity index (χ1) is 11.6. The maximum absolute atomic E-state index is 12.5. The molecule has 1 aliphatic carbocycles. The summed E-state index contributed by atoms with van der Waals surface area (Å²) >= 11 is 0. The minimum Gasteiger partial charge on any atom is -0.335 e. The number of aromatic nitrogens is 2. The quantitative estimate of drug-likeness (QED) is 0.850. The lowest BCUT2D eigenvalue weighted by atomic mass is 9.96. The fourth-order valence-electron chi connectivity index (χ4n) is 3.37. The highest BCUT2D eigenvalue weighted by molar-refractivity contribution is 7.89. The predicted molar refractivity (Wildman–Crippen MR) is 88.9 cm³/mol. The van der Waals surface area contributed by atoms with Crippen LogP contribution in [0.5, 0.6) is 0 Å². The topological polar surface area (TPSA) is 98.4 Å². The maximum atomic E-state index is 12.5. The van der Waals surface area contributed by atoms with Crippen LogP contribution in [0, 0.1) is 0 Å². The summed E-state index contributed by atoms with van der Waals surface area (Å²) in [5.41, 5.74) is 0. The summed E-state index contributed by atoms with van der Waals surface area (Å²) in [6.07, 6.45) is 8.96. The number of H-pyrrole nitrogens is 1. The number of amides is 2. The molecule has 2 N–H and O–H groups in total. The number of rotatable bonds is 3. The normalized spacial score (nSPS) is 21.4. The van der Waals surface area contributed by atoms with Crippen LogP contribution in [0.4, 0.5) is 4.79 Å². The van der Waals surface area contributed by atoms with Gasteiger partial charge in [-0.25, -0.2) is 18.2 Å². The molecule has 0 radical (unpaired) electrons. The Labute approximate surface area is 142 Å². The van der Waals surface area contributed by atoms with Gasteiger partial charge in [-0.15, -0.1) is 0 Å². The van der Waals surface area contributed by atoms with Gasteiger partial charge >= 0.3 is 6.03 Å². The molecule has 1 aromatic rings. The van der Waals surface area contributed by atoms with Crippen molar-refractivity contribution in [3.8, 4) is 0 Å². The van der Waals surface area contributed by atoms with Gasteiger partial charge in [-0.3, -0.25) is 0 Å². The summed E-state index contributed by atoms with van der Waals surface area (Å²) in [7, 11) is -3.56. The number of carbonyl (C=O) groups excluding carboxylic acids is 1. The average molecular weight is 355 g/mol. The van der Waals surface area contributed by atoms with Crippen LogP contribution in [0.2, 0.25) is 0 Å². The minimum atomic E-state index is -3.56. The van der Waals surface area contributed by atoms with E-state index in [-0.39, 0.29) is 17.1 Å². The number of aromatic amines is 1. The van der Waals surface area contributed by atoms with E-state index in [9.17, 15) is 13.2 Å². The van der Waals surface area contributed by atoms with Crippen molar-refractivity contribution in [2.45, 2.75) is 49.6 Å². The number of nitrogens with one attached hydrogen (secondary N) is 2. The Morgan fingerprint density at radius 2 is 1.92 bits per heavy atom. The zero-order valence-electron chi connectivity index (χ0n) is 13.8. The molecule has 2 fully saturated rings. The second-order valence-corrected chi connectivity index (χ2v) is 8.35. The summed E-state index contributed by atoms with van der Waals surface area (Å²) in [6.45, 7) is 1.70. The van der Waals surface area contributed by atoms with Crippen LogP contribution in [0.25, 0.3) is 0 Å². The summed E-state index contributed by atoms with van der Waals surface area (Å²) in [5.74, 6) is 0. The maximum Gasteiger partial charge on any atom is 0.317 e. The number of urea groups is 1. The molecule has 1 aromatic heterocycles. The second kappa shape index (κ2) is 7.52. The molecule has 2 amide bonds. The number of nitrogens with zero attached hydrogens (tertiary/aromatic N) is 3. The van der Waals surface area contributed by atoms with Crippen molar-refractivity contribution in [2.75, 3.05) is 26.2 Å². The van der Waals surface area contributed by atoms with Crippen molar-refractivity contribution in [3.05, 3.63) is 12.5 Å². The predicted octanol–water partition coefficient (Wildman–Crippen LogP) is 1.15. The van der Waals surface area contributed by atoms with Crippen molar-refractivity contribution in [1.29, 1.82) is 0 Å². The van der Waals surface area contributed by atoms with E-state index in [1.807, 2.05) is 0 Å². The van der Waals surface area contributed by atoms with Crippen LogP contribution in [0.3, 0.4) is 0 Å². The van der Waals surface area contributed by atoms with E-state index in [0.29, 0.717) is 32.6 Å². The third kappa shape index (κ3) is 3.89. The molecular weight excluding hydrogens is 330 g/mol. The van der Waals surface area contributed by atoms with E-state index < -0.39 is 10.0 Å². The number of carbonyl (C=O) groups is 1. The van der Waals surface area contributed by atoms with Gasteiger partial charge < -0.3 is 15.2 Å². The van der Waals surface area contributed by atoms with Gasteiger partial charge in [0.25, 0.3) is 10.0 Å². The molecule has 8 nitrogen and oxygen atoms in total. The first kappa shape index (κ1) is 17.2. The van der Waals surface area contributed by atoms with E-state index >= 15 is 0 Å². The second-order valence-electron chi connectivity index (χ2n) is 6.44. The molecule has 24 heavy (non-hydrogen) atoms. The Kier molecular flexibility index (Phi) is 5.40. The third-order valence-corrected chi connectivity index (χ3v) is 6.59. The summed E-state index contributed by atoms with van der Waals surface area (Å²) in [4.78, 5) is 20.6. The molecular formula is C15H25N5O3S. The summed E-state index contributed by atoms with van der Waals surface area (Å²) in [6, 6.07) is 0.196. The van der Waals surface area contributed by atoms with E-state index in [1.54, 1.807) is 4.90 Å². The molecule has 0 atom stereocenters. The molecule has 134 valence electrons. The smallest absolute Gasteiger partial charge is 0.317 e. The summed E-state index contributed by atoms with van der Waals surface area (Å²) < 4.78 is 26.5. The molecule has 1 saturated heterocycles. The largest absolute Gasteiger partial charge is 0.335 e. The standard InChI is InChI=1S/C15H25N5O3S/c21-15(18-13-5-2-1-3-6-13)19-7-4-8-20(10-9-19)24(22,23)14-11-16-12-17-14/h11-13H,1-10H2,(H,16,17)(H,18,21). The van der Waals surface area contributed by atoms with Crippen LogP contribution in [0.15, 0.2) is 17.6 Å². The van der Waals surface area contributed by atoms with Crippen molar-refractivity contribution >= 4 is 16.1 Å². The van der Waals surface area contributed by atoms with Gasteiger partial charge in [0, 0.05) is 32.2 Å². The van der Waals surface area contributed by atoms with Gasteiger partial charge in [0.2, 0.25) is 0 Å². The summed E-state index contributed by atoms with van der Waals surface area (Å²) in [5, 5.41) is 3.20. The minimum absolute atomic E-state index is 0.0670. The highest BCUT2D eigenvalue weighted by Gasteiger charge is 2.29. The molecule has 0 bridgehead atoms. The van der Waals surface area contributed by atoms with Crippen molar-refractivity contribution in [3.63, 3.8) is 0 Å². The Balaban J connectivity index is 1.57. The van der Waals surface area contributed by atoms with E-state index in [1.165, 1.54) is 36.1 Å². The molecule has 1 aliphatic heterocycles. The monoisotopic (exact) mass is 355 g/mol. The number of imidazole rings is 1. The molecule has 2 aliphatic rings. The molecule has 0 unspecified atom stereocenters. The van der Waals surface area contributed by atoms with Crippen LogP contribution in [-0.2, 0) is 10.0 Å². The van der Waals surface area contributed by atoms with Gasteiger partial charge in [-0.2, -0.15) is 4.31 Å². The van der Waals surface area contributed by atoms with E-state index in [2.05, 4.69) is 15.3 Å². The van der Waals surface area contributed by atoms with Crippen molar-refractivity contribution < 1.29 is 13.2 Å². The lowest BCUT2D eigenvalue weighted by molar-refractivity contribution is 0.192. The first-order valence-electron chi connectivity index (χ1n) is 8.61. The van der Waals surface area contributed by atoms with E-state index in [0.717, 1.165) is 12.8 Å². The van der Waals surface area contributed by atoms with Gasteiger partial charge in [-0.05, 0) is 19.3 Å². The number of hydrogen-bond donors (Lipinski definition) is 2. The van der Waals surface area contributed by atoms with Gasteiger partial charge in [0.15, 0.2) is 5.03 Å². The molecule has 2 heterocycles. The number of sulfonamides is 1. The lowest BCUT2D eigenvalue weighted by Crippen LogP contribution is -2.46. The fourth-order valence-corrected chi connectivity index (χ4v) is 4.74. The Bertz CT molecular complexity index is 640. The van der Waals surface area contributed by atoms with Crippen LogP contribution in [-0.4, -0.2) is 65.8 Å². The highest BCUT2D eigenvalue weighted by atomic mass is 32.2. The van der Waals surface area contributed by atoms with Crippen molar-refractivity contribution in [2.24, 2.45) is 0 Å². The molecule has 3 rings (SSSR count). The van der Waals surface area contributed by atoms with Gasteiger partial charge in [0.1, 0.15) is 0 Å². The van der Waals surface area contributed by atoms with E-state index in [4.69, 9.17) is 0 Å². The highest BCUT2D eigenvalue weighted by Crippen LogP contribution is 2.18. The molecule has 0 spiro atoms. The SMILES string of the molecule is O=C(NC1CCCCC1)N1CCCN(S(=O)(=O)c2cnc[nH]2)CC1. The van der Waals surface area contributed by atoms with Crippen LogP contribution >= 0.6 is 0 Å². The average Bonchev–Trinajstić information content (AvgIpc) is 3.00. The van der Waals surface area contributed by atoms with Crippen molar-refractivity contribution in [1.82, 2.24) is 24.5 Å². The molecule has 9 heteroatoms. The van der Waals surface area contributed by atoms with Crippen LogP contribution in [0.1, 0.15) is 38.5 Å². The molecule has 0 aromatic carbocycles. The molecule has 1 saturated carbocycles. The Morgan fingerprint density at radius 1 is 1.12 bits per heavy atom. The van der Waals surface area contributed by atoms with Crippen LogP contribution < -0.4 is 5.32 Å². The third-order valence-electron chi connectivity index (χ3n) is 4.77. The Morgan fingerprint density at radius 3 is 2.62 bits per heavy atom. The van der Waals surface area contributed by atoms with Gasteiger partial charge in [-0.1, -0.05) is 19.3 Å². The van der Waals surface area contributed by atoms with Gasteiger partial charge in [0.05, 0.1) is 12.5 Å². The fraction of sp³-hybridized carbons (Fsp3) is 0.733. The lowest BCUT2D eigenvalue weighted by Gasteiger charge is -2.27. The Hall–Kier alpha value is -1.61.